The van der Waals surface area contributed by atoms with Crippen molar-refractivity contribution in [3.8, 4) is 0 Å². The van der Waals surface area contributed by atoms with E-state index in [0.717, 1.165) is 0 Å². The number of rotatable bonds is 2. The van der Waals surface area contributed by atoms with Crippen molar-refractivity contribution in [2.24, 2.45) is 5.14 Å². The molecule has 7 nitrogen and oxygen atoms in total. The van der Waals surface area contributed by atoms with Gasteiger partial charge >= 0.3 is 0 Å². The van der Waals surface area contributed by atoms with Crippen LogP contribution in [0, 0.1) is 0 Å². The molecule has 1 heterocycles. The van der Waals surface area contributed by atoms with Crippen LogP contribution in [0.25, 0.3) is 0 Å². The second-order valence-electron chi connectivity index (χ2n) is 4.73. The first-order valence-corrected chi connectivity index (χ1v) is 7.77. The molecule has 0 aliphatic carbocycles. The van der Waals surface area contributed by atoms with Crippen molar-refractivity contribution < 1.29 is 13.2 Å². The Hall–Kier alpha value is -1.80. The summed E-state index contributed by atoms with van der Waals surface area (Å²) in [6.07, 6.45) is 0. The first kappa shape index (κ1) is 14.6. The summed E-state index contributed by atoms with van der Waals surface area (Å²) >= 11 is 0. The van der Waals surface area contributed by atoms with Gasteiger partial charge in [0, 0.05) is 33.1 Å². The first-order valence-electron chi connectivity index (χ1n) is 6.22. The van der Waals surface area contributed by atoms with Gasteiger partial charge in [-0.15, -0.1) is 0 Å². The van der Waals surface area contributed by atoms with E-state index in [1.807, 2.05) is 4.90 Å². The van der Waals surface area contributed by atoms with E-state index >= 15 is 0 Å². The molecular weight excluding hydrogens is 280 g/mol. The Morgan fingerprint density at radius 2 is 1.80 bits per heavy atom. The fourth-order valence-corrected chi connectivity index (χ4v) is 3.00. The summed E-state index contributed by atoms with van der Waals surface area (Å²) in [7, 11) is -3.84. The van der Waals surface area contributed by atoms with Gasteiger partial charge in [-0.05, 0) is 12.1 Å². The molecule has 1 aliphatic rings. The van der Waals surface area contributed by atoms with Gasteiger partial charge in [-0.3, -0.25) is 4.79 Å². The fourth-order valence-electron chi connectivity index (χ4n) is 2.32. The van der Waals surface area contributed by atoms with Crippen molar-refractivity contribution in [1.29, 1.82) is 0 Å². The van der Waals surface area contributed by atoms with Gasteiger partial charge in [0.25, 0.3) is 0 Å². The third kappa shape index (κ3) is 2.86. The van der Waals surface area contributed by atoms with Gasteiger partial charge in [0.05, 0.1) is 11.4 Å². The molecule has 1 saturated heterocycles. The van der Waals surface area contributed by atoms with Crippen molar-refractivity contribution in [3.63, 3.8) is 0 Å². The zero-order valence-corrected chi connectivity index (χ0v) is 12.1. The Kier molecular flexibility index (Phi) is 3.87. The number of amides is 1. The van der Waals surface area contributed by atoms with Crippen LogP contribution in [-0.2, 0) is 14.8 Å². The molecule has 2 rings (SSSR count). The molecule has 0 radical (unpaired) electrons. The van der Waals surface area contributed by atoms with E-state index in [4.69, 9.17) is 10.9 Å². The number of nitrogens with two attached hydrogens (primary N) is 2. The van der Waals surface area contributed by atoms with E-state index in [2.05, 4.69) is 0 Å². The van der Waals surface area contributed by atoms with Gasteiger partial charge in [0.1, 0.15) is 4.90 Å². The fraction of sp³-hybridized carbons (Fsp3) is 0.417. The SMILES string of the molecule is CC(=O)N1CCN(c2cccc(S(N)(=O)=O)c2N)CC1. The average molecular weight is 298 g/mol. The Morgan fingerprint density at radius 3 is 2.30 bits per heavy atom. The molecule has 1 aromatic rings. The number of para-hydroxylation sites is 1. The molecule has 1 aromatic carbocycles. The van der Waals surface area contributed by atoms with E-state index in [-0.39, 0.29) is 16.5 Å². The number of sulfonamides is 1. The standard InChI is InChI=1S/C12H18N4O3S/c1-9(17)15-5-7-16(8-6-15)10-3-2-4-11(12(10)13)20(14,18)19/h2-4H,5-8,13H2,1H3,(H2,14,18,19). The molecule has 20 heavy (non-hydrogen) atoms. The summed E-state index contributed by atoms with van der Waals surface area (Å²) in [5.74, 6) is 0.0379. The lowest BCUT2D eigenvalue weighted by Crippen LogP contribution is -2.48. The van der Waals surface area contributed by atoms with E-state index < -0.39 is 10.0 Å². The highest BCUT2D eigenvalue weighted by Crippen LogP contribution is 2.29. The largest absolute Gasteiger partial charge is 0.396 e. The quantitative estimate of drug-likeness (QED) is 0.721. The third-order valence-corrected chi connectivity index (χ3v) is 4.38. The summed E-state index contributed by atoms with van der Waals surface area (Å²) in [5, 5.41) is 5.14. The molecule has 0 saturated carbocycles. The Labute approximate surface area is 118 Å². The van der Waals surface area contributed by atoms with Crippen LogP contribution < -0.4 is 15.8 Å². The van der Waals surface area contributed by atoms with Crippen LogP contribution >= 0.6 is 0 Å². The van der Waals surface area contributed by atoms with Crippen LogP contribution in [0.1, 0.15) is 6.92 Å². The summed E-state index contributed by atoms with van der Waals surface area (Å²) in [5.41, 5.74) is 6.71. The molecule has 0 aromatic heterocycles. The van der Waals surface area contributed by atoms with Crippen LogP contribution in [0.15, 0.2) is 23.1 Å². The number of benzene rings is 1. The van der Waals surface area contributed by atoms with Crippen molar-refractivity contribution >= 4 is 27.3 Å². The monoisotopic (exact) mass is 298 g/mol. The second kappa shape index (κ2) is 5.29. The van der Waals surface area contributed by atoms with Crippen molar-refractivity contribution in [2.45, 2.75) is 11.8 Å². The minimum absolute atomic E-state index is 0.0379. The molecule has 0 bridgehead atoms. The normalized spacial score (nSPS) is 16.3. The number of nitrogen functional groups attached to an aromatic ring is 1. The van der Waals surface area contributed by atoms with E-state index in [9.17, 15) is 13.2 Å². The molecule has 110 valence electrons. The van der Waals surface area contributed by atoms with E-state index in [0.29, 0.717) is 31.9 Å². The minimum atomic E-state index is -3.84. The van der Waals surface area contributed by atoms with Crippen LogP contribution in [0.5, 0.6) is 0 Å². The van der Waals surface area contributed by atoms with Gasteiger partial charge < -0.3 is 15.5 Å². The van der Waals surface area contributed by atoms with Crippen LogP contribution in [0.3, 0.4) is 0 Å². The number of nitrogens with zero attached hydrogens (tertiary/aromatic N) is 2. The number of carbonyl (C=O) groups is 1. The predicted molar refractivity (Wildman–Crippen MR) is 76.7 cm³/mol. The lowest BCUT2D eigenvalue weighted by Gasteiger charge is -2.36. The molecular formula is C12H18N4O3S. The van der Waals surface area contributed by atoms with Crippen LogP contribution in [0.4, 0.5) is 11.4 Å². The van der Waals surface area contributed by atoms with Gasteiger partial charge in [-0.25, -0.2) is 13.6 Å². The number of piperazine rings is 1. The van der Waals surface area contributed by atoms with Crippen molar-refractivity contribution in [2.75, 3.05) is 36.8 Å². The molecule has 0 spiro atoms. The number of hydrogen-bond donors (Lipinski definition) is 2. The molecule has 1 aliphatic heterocycles. The summed E-state index contributed by atoms with van der Waals surface area (Å²) in [4.78, 5) is 14.9. The minimum Gasteiger partial charge on any atom is -0.396 e. The summed E-state index contributed by atoms with van der Waals surface area (Å²) < 4.78 is 22.9. The second-order valence-corrected chi connectivity index (χ2v) is 6.26. The van der Waals surface area contributed by atoms with E-state index in [1.54, 1.807) is 17.0 Å². The molecule has 8 heteroatoms. The topological polar surface area (TPSA) is 110 Å². The van der Waals surface area contributed by atoms with Gasteiger partial charge in [0.2, 0.25) is 15.9 Å². The lowest BCUT2D eigenvalue weighted by atomic mass is 10.2. The van der Waals surface area contributed by atoms with Gasteiger partial charge in [0.15, 0.2) is 0 Å². The summed E-state index contributed by atoms with van der Waals surface area (Å²) in [6.45, 7) is 3.93. The molecule has 1 fully saturated rings. The van der Waals surface area contributed by atoms with Crippen molar-refractivity contribution in [3.05, 3.63) is 18.2 Å². The Morgan fingerprint density at radius 1 is 1.20 bits per heavy atom. The molecule has 0 unspecified atom stereocenters. The molecule has 0 atom stereocenters. The smallest absolute Gasteiger partial charge is 0.240 e. The lowest BCUT2D eigenvalue weighted by molar-refractivity contribution is -0.129. The van der Waals surface area contributed by atoms with Gasteiger partial charge in [-0.2, -0.15) is 0 Å². The summed E-state index contributed by atoms with van der Waals surface area (Å²) in [6, 6.07) is 4.76. The third-order valence-electron chi connectivity index (χ3n) is 3.42. The van der Waals surface area contributed by atoms with Gasteiger partial charge in [-0.1, -0.05) is 6.07 Å². The van der Waals surface area contributed by atoms with Crippen LogP contribution in [-0.4, -0.2) is 45.4 Å². The predicted octanol–water partition coefficient (Wildman–Crippen LogP) is -0.415. The number of hydrogen-bond acceptors (Lipinski definition) is 5. The number of anilines is 2. The molecule has 4 N–H and O–H groups in total. The Balaban J connectivity index is 2.25. The maximum Gasteiger partial charge on any atom is 0.240 e. The zero-order valence-electron chi connectivity index (χ0n) is 11.2. The maximum absolute atomic E-state index is 11.5. The van der Waals surface area contributed by atoms with E-state index in [1.165, 1.54) is 13.0 Å². The average Bonchev–Trinajstić information content (AvgIpc) is 2.37. The first-order chi connectivity index (χ1) is 9.30. The Bertz CT molecular complexity index is 622. The highest BCUT2D eigenvalue weighted by molar-refractivity contribution is 7.89. The van der Waals surface area contributed by atoms with Crippen LogP contribution in [0.2, 0.25) is 0 Å². The highest BCUT2D eigenvalue weighted by atomic mass is 32.2. The number of carbonyl (C=O) groups excluding carboxylic acids is 1. The molecule has 1 amide bonds. The maximum atomic E-state index is 11.5. The number of primary sulfonamides is 1. The highest BCUT2D eigenvalue weighted by Gasteiger charge is 2.22. The van der Waals surface area contributed by atoms with Crippen molar-refractivity contribution in [1.82, 2.24) is 4.90 Å². The zero-order chi connectivity index (χ0) is 14.9.